The molecule has 10 nitrogen and oxygen atoms in total. The van der Waals surface area contributed by atoms with E-state index in [0.29, 0.717) is 32.5 Å². The van der Waals surface area contributed by atoms with Crippen LogP contribution in [-0.4, -0.2) is 54.4 Å². The Hall–Kier alpha value is -2.54. The molecule has 2 heterocycles. The van der Waals surface area contributed by atoms with Gasteiger partial charge >= 0.3 is 0 Å². The van der Waals surface area contributed by atoms with Crippen LogP contribution in [0, 0.1) is 0 Å². The Morgan fingerprint density at radius 2 is 1.03 bits per heavy atom. The summed E-state index contributed by atoms with van der Waals surface area (Å²) < 4.78 is 1.41. The Kier molecular flexibility index (Phi) is 9.00. The third-order valence-electron chi connectivity index (χ3n) is 5.06. The summed E-state index contributed by atoms with van der Waals surface area (Å²) in [7, 11) is 0. The number of benzene rings is 1. The van der Waals surface area contributed by atoms with Crippen molar-refractivity contribution in [2.24, 2.45) is 0 Å². The average Bonchev–Trinajstić information content (AvgIpc) is 2.79. The van der Waals surface area contributed by atoms with Crippen molar-refractivity contribution in [1.82, 2.24) is 19.9 Å². The van der Waals surface area contributed by atoms with Crippen LogP contribution < -0.4 is 21.3 Å². The lowest BCUT2D eigenvalue weighted by Gasteiger charge is -2.18. The first-order valence-corrected chi connectivity index (χ1v) is 12.3. The molecule has 34 heavy (non-hydrogen) atoms. The molecule has 0 saturated heterocycles. The van der Waals surface area contributed by atoms with Crippen molar-refractivity contribution < 1.29 is 10.2 Å². The van der Waals surface area contributed by atoms with Crippen LogP contribution in [0.3, 0.4) is 0 Å². The quantitative estimate of drug-likeness (QED) is 0.196. The Balaban J connectivity index is 1.67. The SMILES string of the molecule is C[C@@H](O)[C@@H](C)Nc1nc(Nc2ccc(Nc3ncc(Br)c(N[C@H](C)[C@@H](C)O)n3)cc2)ncc1Br. The van der Waals surface area contributed by atoms with Gasteiger partial charge in [-0.2, -0.15) is 9.97 Å². The molecule has 3 aromatic rings. The highest BCUT2D eigenvalue weighted by Gasteiger charge is 2.14. The highest BCUT2D eigenvalue weighted by atomic mass is 79.9. The lowest BCUT2D eigenvalue weighted by molar-refractivity contribution is 0.177. The molecule has 0 fully saturated rings. The van der Waals surface area contributed by atoms with Crippen molar-refractivity contribution >= 4 is 66.8 Å². The molecule has 0 spiro atoms. The summed E-state index contributed by atoms with van der Waals surface area (Å²) in [6.45, 7) is 7.18. The topological polar surface area (TPSA) is 140 Å². The van der Waals surface area contributed by atoms with Gasteiger partial charge in [-0.1, -0.05) is 0 Å². The van der Waals surface area contributed by atoms with Crippen molar-refractivity contribution in [2.75, 3.05) is 21.3 Å². The predicted molar refractivity (Wildman–Crippen MR) is 142 cm³/mol. The standard InChI is InChI=1S/C22H28Br2N8O2/c1-11(13(3)33)27-19-17(23)9-25-21(31-19)29-15-5-7-16(8-6-15)30-22-26-10-18(24)20(32-22)28-12(2)14(4)34/h5-14,33-34H,1-4H3,(H2,25,27,29,31)(H2,26,28,30,32)/t11-,12-,13-,14-/m1/s1. The molecule has 3 rings (SSSR count). The molecule has 6 N–H and O–H groups in total. The first-order valence-electron chi connectivity index (χ1n) is 10.7. The largest absolute Gasteiger partial charge is 0.391 e. The minimum absolute atomic E-state index is 0.170. The summed E-state index contributed by atoms with van der Waals surface area (Å²) in [6.07, 6.45) is 2.25. The summed E-state index contributed by atoms with van der Waals surface area (Å²) in [5.41, 5.74) is 1.60. The third kappa shape index (κ3) is 7.23. The highest BCUT2D eigenvalue weighted by molar-refractivity contribution is 9.11. The summed E-state index contributed by atoms with van der Waals surface area (Å²) in [6, 6.07) is 7.19. The number of aromatic nitrogens is 4. The molecule has 0 aliphatic heterocycles. The normalized spacial score (nSPS) is 14.6. The summed E-state index contributed by atoms with van der Waals surface area (Å²) in [5, 5.41) is 32.1. The second-order valence-corrected chi connectivity index (χ2v) is 9.66. The van der Waals surface area contributed by atoms with Gasteiger partial charge in [-0.3, -0.25) is 0 Å². The third-order valence-corrected chi connectivity index (χ3v) is 6.22. The van der Waals surface area contributed by atoms with Crippen molar-refractivity contribution in [3.8, 4) is 0 Å². The summed E-state index contributed by atoms with van der Waals surface area (Å²) in [5.74, 6) is 2.02. The van der Waals surface area contributed by atoms with Gasteiger partial charge in [-0.15, -0.1) is 0 Å². The Labute approximate surface area is 215 Å². The van der Waals surface area contributed by atoms with Crippen LogP contribution >= 0.6 is 31.9 Å². The fraction of sp³-hybridized carbons (Fsp3) is 0.364. The van der Waals surface area contributed by atoms with E-state index < -0.39 is 12.2 Å². The molecule has 0 aliphatic rings. The van der Waals surface area contributed by atoms with Gasteiger partial charge < -0.3 is 31.5 Å². The maximum Gasteiger partial charge on any atom is 0.229 e. The van der Waals surface area contributed by atoms with E-state index in [1.54, 1.807) is 26.2 Å². The summed E-state index contributed by atoms with van der Waals surface area (Å²) in [4.78, 5) is 17.5. The number of halogens is 2. The number of hydrogen-bond donors (Lipinski definition) is 6. The first kappa shape index (κ1) is 26.1. The molecule has 0 bridgehead atoms. The number of hydrogen-bond acceptors (Lipinski definition) is 10. The van der Waals surface area contributed by atoms with Gasteiger partial charge in [-0.05, 0) is 83.8 Å². The molecule has 0 unspecified atom stereocenters. The first-order chi connectivity index (χ1) is 16.1. The second-order valence-electron chi connectivity index (χ2n) is 7.95. The van der Waals surface area contributed by atoms with Crippen LogP contribution in [0.4, 0.5) is 34.9 Å². The van der Waals surface area contributed by atoms with Crippen molar-refractivity contribution in [1.29, 1.82) is 0 Å². The summed E-state index contributed by atoms with van der Waals surface area (Å²) >= 11 is 6.85. The molecule has 0 aliphatic carbocycles. The Bertz CT molecular complexity index is 1010. The number of aliphatic hydroxyl groups is 2. The van der Waals surface area contributed by atoms with Gasteiger partial charge in [0.1, 0.15) is 11.6 Å². The van der Waals surface area contributed by atoms with E-state index >= 15 is 0 Å². The molecule has 2 aromatic heterocycles. The lowest BCUT2D eigenvalue weighted by atomic mass is 10.2. The zero-order valence-corrected chi connectivity index (χ0v) is 22.4. The molecule has 12 heteroatoms. The molecule has 4 atom stereocenters. The molecular weight excluding hydrogens is 568 g/mol. The minimum Gasteiger partial charge on any atom is -0.391 e. The number of nitrogens with zero attached hydrogens (tertiary/aromatic N) is 4. The van der Waals surface area contributed by atoms with Crippen LogP contribution in [0.2, 0.25) is 0 Å². The van der Waals surface area contributed by atoms with E-state index in [-0.39, 0.29) is 12.1 Å². The predicted octanol–water partition coefficient (Wildman–Crippen LogP) is 4.64. The van der Waals surface area contributed by atoms with Crippen LogP contribution in [0.1, 0.15) is 27.7 Å². The second kappa shape index (κ2) is 11.7. The van der Waals surface area contributed by atoms with Crippen LogP contribution in [-0.2, 0) is 0 Å². The molecule has 0 amide bonds. The lowest BCUT2D eigenvalue weighted by Crippen LogP contribution is -2.28. The van der Waals surface area contributed by atoms with Gasteiger partial charge in [0.15, 0.2) is 0 Å². The van der Waals surface area contributed by atoms with E-state index in [2.05, 4.69) is 73.1 Å². The molecule has 0 saturated carbocycles. The molecule has 0 radical (unpaired) electrons. The highest BCUT2D eigenvalue weighted by Crippen LogP contribution is 2.25. The number of anilines is 6. The van der Waals surface area contributed by atoms with Gasteiger partial charge in [0.25, 0.3) is 0 Å². The zero-order chi connectivity index (χ0) is 24.8. The number of aliphatic hydroxyl groups excluding tert-OH is 2. The van der Waals surface area contributed by atoms with Gasteiger partial charge in [0, 0.05) is 23.8 Å². The van der Waals surface area contributed by atoms with E-state index in [1.165, 1.54) is 0 Å². The Morgan fingerprint density at radius 3 is 1.35 bits per heavy atom. The van der Waals surface area contributed by atoms with Gasteiger partial charge in [0.05, 0.1) is 33.2 Å². The number of rotatable bonds is 10. The van der Waals surface area contributed by atoms with Crippen molar-refractivity contribution in [3.05, 3.63) is 45.6 Å². The van der Waals surface area contributed by atoms with Crippen molar-refractivity contribution in [2.45, 2.75) is 52.0 Å². The molecular formula is C22H28Br2N8O2. The van der Waals surface area contributed by atoms with Gasteiger partial charge in [-0.25, -0.2) is 9.97 Å². The zero-order valence-electron chi connectivity index (χ0n) is 19.2. The van der Waals surface area contributed by atoms with E-state index in [0.717, 1.165) is 11.4 Å². The van der Waals surface area contributed by atoms with E-state index in [1.807, 2.05) is 38.1 Å². The number of nitrogens with one attached hydrogen (secondary N) is 4. The van der Waals surface area contributed by atoms with Crippen LogP contribution in [0.5, 0.6) is 0 Å². The fourth-order valence-electron chi connectivity index (χ4n) is 2.62. The Morgan fingerprint density at radius 1 is 0.676 bits per heavy atom. The molecule has 182 valence electrons. The van der Waals surface area contributed by atoms with Crippen molar-refractivity contribution in [3.63, 3.8) is 0 Å². The minimum atomic E-state index is -0.526. The van der Waals surface area contributed by atoms with Crippen LogP contribution in [0.25, 0.3) is 0 Å². The maximum absolute atomic E-state index is 9.73. The maximum atomic E-state index is 9.73. The monoisotopic (exact) mass is 594 g/mol. The smallest absolute Gasteiger partial charge is 0.229 e. The molecule has 1 aromatic carbocycles. The van der Waals surface area contributed by atoms with E-state index in [4.69, 9.17) is 0 Å². The van der Waals surface area contributed by atoms with Gasteiger partial charge in [0.2, 0.25) is 11.9 Å². The van der Waals surface area contributed by atoms with E-state index in [9.17, 15) is 10.2 Å². The average molecular weight is 596 g/mol. The van der Waals surface area contributed by atoms with Crippen LogP contribution in [0.15, 0.2) is 45.6 Å². The fourth-order valence-corrected chi connectivity index (χ4v) is 3.24.